The van der Waals surface area contributed by atoms with E-state index in [9.17, 15) is 9.90 Å². The number of rotatable bonds is 3. The lowest BCUT2D eigenvalue weighted by Gasteiger charge is -2.13. The largest absolute Gasteiger partial charge is 0.509 e. The summed E-state index contributed by atoms with van der Waals surface area (Å²) in [6.07, 6.45) is 4.13. The second-order valence-corrected chi connectivity index (χ2v) is 4.55. The third-order valence-electron chi connectivity index (χ3n) is 3.31. The Labute approximate surface area is 107 Å². The summed E-state index contributed by atoms with van der Waals surface area (Å²) in [6.45, 7) is 2.82. The molecule has 1 aromatic carbocycles. The summed E-state index contributed by atoms with van der Waals surface area (Å²) < 4.78 is 1.93. The minimum absolute atomic E-state index is 0.126. The number of aliphatic hydroxyl groups excluding tert-OH is 1. The molecule has 18 heavy (non-hydrogen) atoms. The standard InChI is InChI=1S/C15H17NO2/c1-12-7-5-6-10-16(12)14(11-17)15(18)13-8-3-2-4-9-13/h2-4,8-9,11H,5-7,10H2,1H3/p+1. The number of Topliss-reactive ketones (excluding diaryl/α,β-unsaturated/α-hetero) is 1. The number of carbonyl (C=O) groups excluding carboxylic acids is 1. The molecule has 0 saturated heterocycles. The maximum atomic E-state index is 12.3. The molecule has 3 nitrogen and oxygen atoms in total. The van der Waals surface area contributed by atoms with Gasteiger partial charge in [-0.25, -0.2) is 0 Å². The monoisotopic (exact) mass is 244 g/mol. The number of carbonyl (C=O) groups is 1. The van der Waals surface area contributed by atoms with Crippen molar-refractivity contribution in [1.82, 2.24) is 0 Å². The van der Waals surface area contributed by atoms with Gasteiger partial charge < -0.3 is 5.11 Å². The van der Waals surface area contributed by atoms with Crippen LogP contribution in [0.1, 0.15) is 36.5 Å². The summed E-state index contributed by atoms with van der Waals surface area (Å²) in [4.78, 5) is 12.3. The van der Waals surface area contributed by atoms with Gasteiger partial charge in [0, 0.05) is 25.3 Å². The van der Waals surface area contributed by atoms with E-state index in [-0.39, 0.29) is 5.78 Å². The molecule has 1 aliphatic rings. The molecular formula is C15H18NO2+. The van der Waals surface area contributed by atoms with E-state index in [1.165, 1.54) is 0 Å². The van der Waals surface area contributed by atoms with Gasteiger partial charge in [0.2, 0.25) is 0 Å². The van der Waals surface area contributed by atoms with Crippen molar-refractivity contribution in [3.05, 3.63) is 47.9 Å². The molecule has 0 atom stereocenters. The van der Waals surface area contributed by atoms with E-state index in [1.807, 2.05) is 29.7 Å². The van der Waals surface area contributed by atoms with Gasteiger partial charge in [0.1, 0.15) is 6.54 Å². The number of benzene rings is 1. The molecule has 0 bridgehead atoms. The van der Waals surface area contributed by atoms with Crippen LogP contribution in [0.2, 0.25) is 0 Å². The lowest BCUT2D eigenvalue weighted by molar-refractivity contribution is -0.477. The number of hydrogen-bond acceptors (Lipinski definition) is 2. The van der Waals surface area contributed by atoms with Crippen LogP contribution in [-0.4, -0.2) is 27.7 Å². The molecule has 0 unspecified atom stereocenters. The normalized spacial score (nSPS) is 16.8. The summed E-state index contributed by atoms with van der Waals surface area (Å²) in [7, 11) is 0. The molecule has 0 amide bonds. The highest BCUT2D eigenvalue weighted by atomic mass is 16.2. The predicted octanol–water partition coefficient (Wildman–Crippen LogP) is 2.93. The zero-order valence-corrected chi connectivity index (χ0v) is 10.6. The van der Waals surface area contributed by atoms with E-state index in [0.717, 1.165) is 37.8 Å². The van der Waals surface area contributed by atoms with Gasteiger partial charge in [0.15, 0.2) is 12.0 Å². The summed E-state index contributed by atoms with van der Waals surface area (Å²) >= 11 is 0. The molecule has 1 aliphatic heterocycles. The highest BCUT2D eigenvalue weighted by molar-refractivity contribution is 6.07. The quantitative estimate of drug-likeness (QED) is 0.384. The molecule has 1 N–H and O–H groups in total. The van der Waals surface area contributed by atoms with Gasteiger partial charge >= 0.3 is 0 Å². The fraction of sp³-hybridized carbons (Fsp3) is 0.333. The average Bonchev–Trinajstić information content (AvgIpc) is 2.42. The smallest absolute Gasteiger partial charge is 0.288 e. The molecule has 1 heterocycles. The molecule has 0 saturated carbocycles. The minimum Gasteiger partial charge on any atom is -0.509 e. The first kappa shape index (κ1) is 12.6. The van der Waals surface area contributed by atoms with Gasteiger partial charge in [0.25, 0.3) is 11.5 Å². The Morgan fingerprint density at radius 1 is 1.28 bits per heavy atom. The van der Waals surface area contributed by atoms with Crippen LogP contribution in [0.25, 0.3) is 0 Å². The highest BCUT2D eigenvalue weighted by Crippen LogP contribution is 2.15. The number of ketones is 1. The van der Waals surface area contributed by atoms with Gasteiger partial charge in [-0.2, -0.15) is 4.58 Å². The first-order chi connectivity index (χ1) is 8.74. The Kier molecular flexibility index (Phi) is 3.92. The van der Waals surface area contributed by atoms with Crippen molar-refractivity contribution in [2.45, 2.75) is 26.2 Å². The van der Waals surface area contributed by atoms with Crippen LogP contribution < -0.4 is 0 Å². The first-order valence-corrected chi connectivity index (χ1v) is 6.28. The zero-order chi connectivity index (χ0) is 13.0. The number of nitrogens with zero attached hydrogens (tertiary/aromatic N) is 1. The Hall–Kier alpha value is -1.90. The van der Waals surface area contributed by atoms with E-state index in [1.54, 1.807) is 12.1 Å². The molecule has 3 heteroatoms. The zero-order valence-electron chi connectivity index (χ0n) is 10.6. The lowest BCUT2D eigenvalue weighted by atomic mass is 10.0. The average molecular weight is 244 g/mol. The maximum absolute atomic E-state index is 12.3. The number of hydrogen-bond donors (Lipinski definition) is 1. The van der Waals surface area contributed by atoms with E-state index >= 15 is 0 Å². The molecule has 1 aromatic rings. The van der Waals surface area contributed by atoms with Gasteiger partial charge in [-0.1, -0.05) is 30.3 Å². The van der Waals surface area contributed by atoms with Crippen molar-refractivity contribution >= 4 is 11.5 Å². The highest BCUT2D eigenvalue weighted by Gasteiger charge is 2.27. The number of allylic oxidation sites excluding steroid dienone is 1. The van der Waals surface area contributed by atoms with Crippen molar-refractivity contribution in [3.63, 3.8) is 0 Å². The van der Waals surface area contributed by atoms with E-state index in [4.69, 9.17) is 0 Å². The summed E-state index contributed by atoms with van der Waals surface area (Å²) in [5.74, 6) is -0.126. The van der Waals surface area contributed by atoms with Gasteiger partial charge in [-0.3, -0.25) is 4.79 Å². The van der Waals surface area contributed by atoms with Gasteiger partial charge in [-0.15, -0.1) is 0 Å². The van der Waals surface area contributed by atoms with Gasteiger partial charge in [0.05, 0.1) is 0 Å². The maximum Gasteiger partial charge on any atom is 0.288 e. The predicted molar refractivity (Wildman–Crippen MR) is 71.1 cm³/mol. The van der Waals surface area contributed by atoms with Crippen LogP contribution in [0, 0.1) is 0 Å². The van der Waals surface area contributed by atoms with Crippen LogP contribution in [0.15, 0.2) is 42.3 Å². The molecular weight excluding hydrogens is 226 g/mol. The van der Waals surface area contributed by atoms with Crippen molar-refractivity contribution in [1.29, 1.82) is 0 Å². The van der Waals surface area contributed by atoms with Gasteiger partial charge in [-0.05, 0) is 6.42 Å². The second kappa shape index (κ2) is 5.63. The van der Waals surface area contributed by atoms with E-state index < -0.39 is 0 Å². The molecule has 0 spiro atoms. The fourth-order valence-corrected chi connectivity index (χ4v) is 2.29. The van der Waals surface area contributed by atoms with E-state index in [2.05, 4.69) is 0 Å². The summed E-state index contributed by atoms with van der Waals surface area (Å²) in [6, 6.07) is 9.07. The minimum atomic E-state index is -0.126. The summed E-state index contributed by atoms with van der Waals surface area (Å²) in [5.41, 5.74) is 2.13. The van der Waals surface area contributed by atoms with Crippen molar-refractivity contribution in [2.75, 3.05) is 6.54 Å². The molecule has 0 aromatic heterocycles. The second-order valence-electron chi connectivity index (χ2n) is 4.55. The Morgan fingerprint density at radius 3 is 2.61 bits per heavy atom. The Balaban J connectivity index is 2.33. The van der Waals surface area contributed by atoms with E-state index in [0.29, 0.717) is 11.3 Å². The van der Waals surface area contributed by atoms with Crippen LogP contribution in [0.4, 0.5) is 0 Å². The summed E-state index contributed by atoms with van der Waals surface area (Å²) in [5, 5.41) is 9.39. The first-order valence-electron chi connectivity index (χ1n) is 6.28. The third kappa shape index (κ3) is 2.50. The van der Waals surface area contributed by atoms with Crippen molar-refractivity contribution in [2.24, 2.45) is 0 Å². The fourth-order valence-electron chi connectivity index (χ4n) is 2.29. The Bertz CT molecular complexity index is 500. The Morgan fingerprint density at radius 2 is 2.00 bits per heavy atom. The van der Waals surface area contributed by atoms with Crippen molar-refractivity contribution in [3.8, 4) is 0 Å². The van der Waals surface area contributed by atoms with Crippen LogP contribution in [0.5, 0.6) is 0 Å². The molecule has 0 fully saturated rings. The molecule has 0 radical (unpaired) electrons. The van der Waals surface area contributed by atoms with Crippen LogP contribution in [-0.2, 0) is 0 Å². The van der Waals surface area contributed by atoms with Crippen LogP contribution in [0.3, 0.4) is 0 Å². The van der Waals surface area contributed by atoms with Crippen molar-refractivity contribution < 1.29 is 14.5 Å². The molecule has 2 rings (SSSR count). The van der Waals surface area contributed by atoms with Crippen LogP contribution >= 0.6 is 0 Å². The number of aliphatic hydroxyl groups is 1. The lowest BCUT2D eigenvalue weighted by Crippen LogP contribution is -2.28. The topological polar surface area (TPSA) is 40.3 Å². The SMILES string of the molecule is CC1=[N+](/C(=C/O)C(=O)c2ccccc2)CCCC1. The molecule has 94 valence electrons. The third-order valence-corrected chi connectivity index (χ3v) is 3.31. The molecule has 0 aliphatic carbocycles.